The van der Waals surface area contributed by atoms with Crippen molar-refractivity contribution in [3.8, 4) is 0 Å². The molecule has 1 aliphatic carbocycles. The quantitative estimate of drug-likeness (QED) is 0.256. The maximum Gasteiger partial charge on any atom is 0.416 e. The van der Waals surface area contributed by atoms with Gasteiger partial charge in [0.05, 0.1) is 27.6 Å². The Labute approximate surface area is 283 Å². The molecule has 3 fully saturated rings. The van der Waals surface area contributed by atoms with Crippen molar-refractivity contribution in [2.24, 2.45) is 0 Å². The van der Waals surface area contributed by atoms with Crippen LogP contribution in [-0.2, 0) is 29.0 Å². The van der Waals surface area contributed by atoms with Crippen LogP contribution < -0.4 is 0 Å². The fourth-order valence-corrected chi connectivity index (χ4v) is 8.06. The molecule has 0 unspecified atom stereocenters. The summed E-state index contributed by atoms with van der Waals surface area (Å²) in [7, 11) is 0. The molecule has 47 heavy (non-hydrogen) atoms. The minimum Gasteiger partial charge on any atom is -0.342 e. The molecule has 2 heterocycles. The number of hydrogen-bond acceptors (Lipinski definition) is 3. The molecule has 3 aliphatic rings. The lowest BCUT2D eigenvalue weighted by Gasteiger charge is -2.41. The molecule has 12 heteroatoms. The zero-order chi connectivity index (χ0) is 33.8. The van der Waals surface area contributed by atoms with Crippen molar-refractivity contribution in [1.82, 2.24) is 14.7 Å². The van der Waals surface area contributed by atoms with Crippen LogP contribution in [0, 0.1) is 0 Å². The van der Waals surface area contributed by atoms with Crippen molar-refractivity contribution in [2.75, 3.05) is 45.8 Å². The highest BCUT2D eigenvalue weighted by atomic mass is 35.5. The number of likely N-dealkylation sites (tertiary alicyclic amines) is 1. The van der Waals surface area contributed by atoms with Gasteiger partial charge in [0.1, 0.15) is 0 Å². The first kappa shape index (κ1) is 36.3. The highest BCUT2D eigenvalue weighted by molar-refractivity contribution is 6.42. The van der Waals surface area contributed by atoms with Gasteiger partial charge in [-0.15, -0.1) is 0 Å². The number of amides is 1. The van der Waals surface area contributed by atoms with E-state index in [2.05, 4.69) is 9.80 Å². The predicted octanol–water partition coefficient (Wildman–Crippen LogP) is 9.25. The van der Waals surface area contributed by atoms with E-state index >= 15 is 0 Å². The molecule has 0 radical (unpaired) electrons. The number of piperazine rings is 1. The number of nitrogens with zero attached hydrogens (tertiary/aromatic N) is 3. The predicted molar refractivity (Wildman–Crippen MR) is 173 cm³/mol. The SMILES string of the molecule is O=C(Cc1cc(C(F)(F)F)cc(C(F)(F)F)c1)N1CCCC[C@@](CCCN2CCN(C3CCCCC3)CC2)(c2ccc(Cl)c(Cl)c2)C1. The van der Waals surface area contributed by atoms with Gasteiger partial charge in [-0.25, -0.2) is 0 Å². The number of hydrogen-bond donors (Lipinski definition) is 0. The standard InChI is InChI=1S/C35H43Cl2F6N3O/c36-30-10-9-26(23-31(30)37)33(12-6-13-44-15-17-45(18-16-44)29-7-2-1-3-8-29)11-4-5-14-46(24-33)32(47)21-25-19-27(34(38,39)40)22-28(20-25)35(41,42)43/h9-10,19-20,22-23,29H,1-8,11-18,21,24H2/t33-/m0/s1. The maximum atomic E-state index is 13.7. The van der Waals surface area contributed by atoms with E-state index in [0.717, 1.165) is 64.0 Å². The summed E-state index contributed by atoms with van der Waals surface area (Å²) in [4.78, 5) is 20.4. The van der Waals surface area contributed by atoms with Crippen molar-refractivity contribution in [3.05, 3.63) is 68.7 Å². The molecular weight excluding hydrogens is 663 g/mol. The Kier molecular flexibility index (Phi) is 11.8. The van der Waals surface area contributed by atoms with Gasteiger partial charge < -0.3 is 9.80 Å². The lowest BCUT2D eigenvalue weighted by Crippen LogP contribution is -2.51. The monoisotopic (exact) mass is 705 g/mol. The molecule has 5 rings (SSSR count). The van der Waals surface area contributed by atoms with Crippen molar-refractivity contribution in [1.29, 1.82) is 0 Å². The van der Waals surface area contributed by atoms with Gasteiger partial charge in [0.2, 0.25) is 5.91 Å². The van der Waals surface area contributed by atoms with E-state index in [-0.39, 0.29) is 11.6 Å². The molecule has 2 saturated heterocycles. The number of carbonyl (C=O) groups excluding carboxylic acids is 1. The Bertz CT molecular complexity index is 1340. The van der Waals surface area contributed by atoms with Gasteiger partial charge >= 0.3 is 12.4 Å². The Morgan fingerprint density at radius 1 is 0.787 bits per heavy atom. The average Bonchev–Trinajstić information content (AvgIpc) is 3.26. The van der Waals surface area contributed by atoms with Gasteiger partial charge in [-0.3, -0.25) is 9.69 Å². The summed E-state index contributed by atoms with van der Waals surface area (Å²) in [5, 5.41) is 0.807. The third-order valence-electron chi connectivity index (χ3n) is 10.3. The zero-order valence-electron chi connectivity index (χ0n) is 26.5. The van der Waals surface area contributed by atoms with Gasteiger partial charge in [-0.1, -0.05) is 55.0 Å². The van der Waals surface area contributed by atoms with E-state index in [1.54, 1.807) is 11.0 Å². The van der Waals surface area contributed by atoms with Crippen LogP contribution in [0.2, 0.25) is 10.0 Å². The first-order chi connectivity index (χ1) is 22.2. The largest absolute Gasteiger partial charge is 0.416 e. The smallest absolute Gasteiger partial charge is 0.342 e. The van der Waals surface area contributed by atoms with Crippen LogP contribution in [0.4, 0.5) is 26.3 Å². The summed E-state index contributed by atoms with van der Waals surface area (Å²) < 4.78 is 81.0. The number of benzene rings is 2. The Balaban J connectivity index is 1.31. The topological polar surface area (TPSA) is 26.8 Å². The Morgan fingerprint density at radius 3 is 2.06 bits per heavy atom. The van der Waals surface area contributed by atoms with E-state index in [4.69, 9.17) is 23.2 Å². The number of carbonyl (C=O) groups is 1. The molecule has 1 atom stereocenters. The van der Waals surface area contributed by atoms with Gasteiger partial charge in [0.25, 0.3) is 0 Å². The summed E-state index contributed by atoms with van der Waals surface area (Å²) in [6.45, 7) is 5.73. The van der Waals surface area contributed by atoms with Crippen LogP contribution in [0.5, 0.6) is 0 Å². The summed E-state index contributed by atoms with van der Waals surface area (Å²) >= 11 is 12.7. The first-order valence-corrected chi connectivity index (χ1v) is 17.5. The fraction of sp³-hybridized carbons (Fsp3) is 0.629. The molecule has 0 bridgehead atoms. The number of alkyl halides is 6. The first-order valence-electron chi connectivity index (χ1n) is 16.7. The molecule has 4 nitrogen and oxygen atoms in total. The summed E-state index contributed by atoms with van der Waals surface area (Å²) in [6.07, 6.45) is -0.0943. The molecular formula is C35H43Cl2F6N3O. The van der Waals surface area contributed by atoms with Crippen molar-refractivity contribution >= 4 is 29.1 Å². The summed E-state index contributed by atoms with van der Waals surface area (Å²) in [6, 6.07) is 7.58. The fourth-order valence-electron chi connectivity index (χ4n) is 7.76. The Morgan fingerprint density at radius 2 is 1.45 bits per heavy atom. The second-order valence-corrected chi connectivity index (χ2v) is 14.4. The lowest BCUT2D eigenvalue weighted by atomic mass is 9.73. The third-order valence-corrected chi connectivity index (χ3v) is 11.1. The average molecular weight is 707 g/mol. The molecule has 1 saturated carbocycles. The molecule has 0 aromatic heterocycles. The van der Waals surface area contributed by atoms with E-state index in [1.807, 2.05) is 12.1 Å². The molecule has 2 aliphatic heterocycles. The lowest BCUT2D eigenvalue weighted by molar-refractivity contribution is -0.143. The molecule has 2 aromatic carbocycles. The highest BCUT2D eigenvalue weighted by Gasteiger charge is 2.39. The molecule has 0 N–H and O–H groups in total. The molecule has 0 spiro atoms. The van der Waals surface area contributed by atoms with E-state index in [0.29, 0.717) is 47.7 Å². The van der Waals surface area contributed by atoms with Crippen LogP contribution in [0.25, 0.3) is 0 Å². The summed E-state index contributed by atoms with van der Waals surface area (Å²) in [5.41, 5.74) is -2.71. The zero-order valence-corrected chi connectivity index (χ0v) is 28.1. The van der Waals surface area contributed by atoms with E-state index < -0.39 is 41.2 Å². The molecule has 1 amide bonds. The second-order valence-electron chi connectivity index (χ2n) is 13.5. The second kappa shape index (κ2) is 15.3. The van der Waals surface area contributed by atoms with Gasteiger partial charge in [-0.2, -0.15) is 26.3 Å². The van der Waals surface area contributed by atoms with E-state index in [9.17, 15) is 31.1 Å². The van der Waals surface area contributed by atoms with Crippen molar-refractivity contribution in [2.45, 2.75) is 94.4 Å². The third kappa shape index (κ3) is 9.37. The number of halogens is 8. The van der Waals surface area contributed by atoms with Crippen LogP contribution in [0.3, 0.4) is 0 Å². The van der Waals surface area contributed by atoms with Crippen molar-refractivity contribution in [3.63, 3.8) is 0 Å². The molecule has 2 aromatic rings. The summed E-state index contributed by atoms with van der Waals surface area (Å²) in [5.74, 6) is -0.498. The van der Waals surface area contributed by atoms with Gasteiger partial charge in [0.15, 0.2) is 0 Å². The van der Waals surface area contributed by atoms with Gasteiger partial charge in [-0.05, 0) is 86.5 Å². The van der Waals surface area contributed by atoms with Crippen LogP contribution >= 0.6 is 23.2 Å². The Hall–Kier alpha value is -2.01. The molecule has 260 valence electrons. The maximum absolute atomic E-state index is 13.7. The normalized spacial score (nSPS) is 22.8. The highest BCUT2D eigenvalue weighted by Crippen LogP contribution is 2.41. The minimum absolute atomic E-state index is 0.0884. The van der Waals surface area contributed by atoms with Crippen LogP contribution in [0.15, 0.2) is 36.4 Å². The van der Waals surface area contributed by atoms with E-state index in [1.165, 1.54) is 32.1 Å². The minimum atomic E-state index is -4.98. The van der Waals surface area contributed by atoms with Crippen LogP contribution in [0.1, 0.15) is 86.5 Å². The van der Waals surface area contributed by atoms with Crippen molar-refractivity contribution < 1.29 is 31.1 Å². The van der Waals surface area contributed by atoms with Gasteiger partial charge in [0, 0.05) is 50.7 Å². The van der Waals surface area contributed by atoms with Crippen LogP contribution in [-0.4, -0.2) is 72.5 Å². The number of rotatable bonds is 8.